The lowest BCUT2D eigenvalue weighted by Gasteiger charge is -2.17. The maximum atomic E-state index is 5.40. The van der Waals surface area contributed by atoms with Crippen LogP contribution in [0.3, 0.4) is 0 Å². The summed E-state index contributed by atoms with van der Waals surface area (Å²) in [6.45, 7) is 2.18. The van der Waals surface area contributed by atoms with E-state index in [2.05, 4.69) is 5.32 Å². The first kappa shape index (κ1) is 9.21. The van der Waals surface area contributed by atoms with Crippen LogP contribution in [0, 0.1) is 0 Å². The minimum atomic E-state index is 0.663. The van der Waals surface area contributed by atoms with E-state index in [1.54, 1.807) is 6.26 Å². The van der Waals surface area contributed by atoms with E-state index in [1.807, 2.05) is 11.8 Å². The van der Waals surface area contributed by atoms with Crippen molar-refractivity contribution in [3.8, 4) is 0 Å². The van der Waals surface area contributed by atoms with Gasteiger partial charge < -0.3 is 14.8 Å². The lowest BCUT2D eigenvalue weighted by molar-refractivity contribution is 0.0806. The summed E-state index contributed by atoms with van der Waals surface area (Å²) in [7, 11) is 0. The Kier molecular flexibility index (Phi) is 3.38. The molecular weight excluding hydrogens is 186 g/mol. The zero-order valence-corrected chi connectivity index (χ0v) is 8.44. The van der Waals surface area contributed by atoms with E-state index in [-0.39, 0.29) is 0 Å². The summed E-state index contributed by atoms with van der Waals surface area (Å²) in [6, 6.07) is 0.663. The van der Waals surface area contributed by atoms with Gasteiger partial charge >= 0.3 is 0 Å². The molecule has 1 atom stereocenters. The third kappa shape index (κ3) is 2.81. The second-order valence-electron chi connectivity index (χ2n) is 3.24. The minimum Gasteiger partial charge on any atom is -0.494 e. The van der Waals surface area contributed by atoms with Crippen LogP contribution in [0.2, 0.25) is 0 Å². The van der Waals surface area contributed by atoms with Crippen LogP contribution in [0.4, 0.5) is 0 Å². The molecule has 0 radical (unpaired) electrons. The van der Waals surface area contributed by atoms with Crippen LogP contribution in [0.1, 0.15) is 6.42 Å². The molecule has 0 aromatic carbocycles. The predicted octanol–water partition coefficient (Wildman–Crippen LogP) is 0.970. The molecule has 74 valence electrons. The highest BCUT2D eigenvalue weighted by molar-refractivity contribution is 7.99. The Morgan fingerprint density at radius 1 is 1.54 bits per heavy atom. The van der Waals surface area contributed by atoms with E-state index in [9.17, 15) is 0 Å². The van der Waals surface area contributed by atoms with Gasteiger partial charge in [0.1, 0.15) is 25.2 Å². The summed E-state index contributed by atoms with van der Waals surface area (Å²) in [5.41, 5.74) is 0. The van der Waals surface area contributed by atoms with E-state index in [1.165, 1.54) is 17.9 Å². The number of hydrogen-bond donors (Lipinski definition) is 1. The van der Waals surface area contributed by atoms with Gasteiger partial charge in [0.05, 0.1) is 6.54 Å². The van der Waals surface area contributed by atoms with E-state index >= 15 is 0 Å². The summed E-state index contributed by atoms with van der Waals surface area (Å²) >= 11 is 2.01. The van der Waals surface area contributed by atoms with Crippen molar-refractivity contribution in [2.24, 2.45) is 0 Å². The quantitative estimate of drug-likeness (QED) is 0.737. The van der Waals surface area contributed by atoms with Crippen LogP contribution in [0.5, 0.6) is 0 Å². The average Bonchev–Trinajstić information content (AvgIpc) is 2.69. The highest BCUT2D eigenvalue weighted by Crippen LogP contribution is 2.17. The Labute approximate surface area is 82.9 Å². The van der Waals surface area contributed by atoms with Crippen LogP contribution >= 0.6 is 11.8 Å². The van der Waals surface area contributed by atoms with Crippen molar-refractivity contribution in [1.82, 2.24) is 5.32 Å². The first-order valence-electron chi connectivity index (χ1n) is 4.70. The summed E-state index contributed by atoms with van der Waals surface area (Å²) in [6.07, 6.45) is 3.00. The maximum Gasteiger partial charge on any atom is 0.144 e. The third-order valence-corrected chi connectivity index (χ3v) is 3.36. The average molecular weight is 201 g/mol. The molecule has 1 unspecified atom stereocenters. The second-order valence-corrected chi connectivity index (χ2v) is 4.39. The smallest absolute Gasteiger partial charge is 0.144 e. The fourth-order valence-electron chi connectivity index (χ4n) is 1.44. The fourth-order valence-corrected chi connectivity index (χ4v) is 2.63. The molecule has 2 aliphatic heterocycles. The Morgan fingerprint density at radius 3 is 3.23 bits per heavy atom. The summed E-state index contributed by atoms with van der Waals surface area (Å²) in [5.74, 6) is 3.45. The van der Waals surface area contributed by atoms with Crippen molar-refractivity contribution in [2.45, 2.75) is 12.5 Å². The summed E-state index contributed by atoms with van der Waals surface area (Å²) in [5, 5.41) is 3.46. The Hall–Kier alpha value is -0.350. The molecule has 0 aliphatic carbocycles. The zero-order chi connectivity index (χ0) is 8.93. The molecule has 3 nitrogen and oxygen atoms in total. The molecule has 2 aliphatic rings. The maximum absolute atomic E-state index is 5.40. The van der Waals surface area contributed by atoms with Crippen LogP contribution in [-0.2, 0) is 9.47 Å². The molecular formula is C9H15NO2S. The number of ether oxygens (including phenoxy) is 2. The topological polar surface area (TPSA) is 30.5 Å². The Morgan fingerprint density at radius 2 is 2.54 bits per heavy atom. The van der Waals surface area contributed by atoms with Gasteiger partial charge in [-0.3, -0.25) is 0 Å². The van der Waals surface area contributed by atoms with Crippen molar-refractivity contribution in [3.05, 3.63) is 12.0 Å². The zero-order valence-electron chi connectivity index (χ0n) is 7.62. The molecule has 0 spiro atoms. The molecule has 2 heterocycles. The summed E-state index contributed by atoms with van der Waals surface area (Å²) in [4.78, 5) is 0. The van der Waals surface area contributed by atoms with Gasteiger partial charge in [0.2, 0.25) is 0 Å². The monoisotopic (exact) mass is 201 g/mol. The fraction of sp³-hybridized carbons (Fsp3) is 0.778. The van der Waals surface area contributed by atoms with Crippen molar-refractivity contribution in [1.29, 1.82) is 0 Å². The van der Waals surface area contributed by atoms with Crippen molar-refractivity contribution < 1.29 is 9.47 Å². The molecule has 0 aromatic heterocycles. The third-order valence-electron chi connectivity index (χ3n) is 2.20. The lowest BCUT2D eigenvalue weighted by Crippen LogP contribution is -2.31. The largest absolute Gasteiger partial charge is 0.494 e. The molecule has 0 bridgehead atoms. The highest BCUT2D eigenvalue weighted by atomic mass is 32.2. The van der Waals surface area contributed by atoms with E-state index in [0.717, 1.165) is 12.3 Å². The predicted molar refractivity (Wildman–Crippen MR) is 53.7 cm³/mol. The van der Waals surface area contributed by atoms with Crippen molar-refractivity contribution >= 4 is 11.8 Å². The Balaban J connectivity index is 1.68. The molecule has 1 fully saturated rings. The van der Waals surface area contributed by atoms with E-state index in [4.69, 9.17) is 9.47 Å². The molecule has 0 saturated carbocycles. The van der Waals surface area contributed by atoms with Gasteiger partial charge in [0.15, 0.2) is 0 Å². The molecule has 4 heteroatoms. The van der Waals surface area contributed by atoms with Crippen molar-refractivity contribution in [2.75, 3.05) is 31.3 Å². The number of thioether (sulfide) groups is 1. The normalized spacial score (nSPS) is 27.7. The molecule has 1 N–H and O–H groups in total. The van der Waals surface area contributed by atoms with Gasteiger partial charge in [-0.05, 0) is 12.2 Å². The molecule has 0 aromatic rings. The highest BCUT2D eigenvalue weighted by Gasteiger charge is 2.15. The van der Waals surface area contributed by atoms with Crippen molar-refractivity contribution in [3.63, 3.8) is 0 Å². The van der Waals surface area contributed by atoms with Crippen LogP contribution in [-0.4, -0.2) is 37.3 Å². The molecule has 2 rings (SSSR count). The lowest BCUT2D eigenvalue weighted by atomic mass is 10.2. The molecule has 0 amide bonds. The molecule has 1 saturated heterocycles. The van der Waals surface area contributed by atoms with Gasteiger partial charge in [-0.1, -0.05) is 0 Å². The van der Waals surface area contributed by atoms with Gasteiger partial charge in [0, 0.05) is 11.8 Å². The first-order chi connectivity index (χ1) is 6.45. The van der Waals surface area contributed by atoms with Crippen LogP contribution in [0.15, 0.2) is 12.0 Å². The van der Waals surface area contributed by atoms with Gasteiger partial charge in [-0.25, -0.2) is 0 Å². The SMILES string of the molecule is C1=C(CNC2CCSC2)OCCO1. The van der Waals surface area contributed by atoms with Gasteiger partial charge in [0.25, 0.3) is 0 Å². The van der Waals surface area contributed by atoms with Crippen LogP contribution in [0.25, 0.3) is 0 Å². The number of rotatable bonds is 3. The Bertz CT molecular complexity index is 190. The van der Waals surface area contributed by atoms with Crippen LogP contribution < -0.4 is 5.32 Å². The summed E-state index contributed by atoms with van der Waals surface area (Å²) < 4.78 is 10.6. The second kappa shape index (κ2) is 4.77. The first-order valence-corrected chi connectivity index (χ1v) is 5.85. The number of nitrogens with one attached hydrogen (secondary N) is 1. The van der Waals surface area contributed by atoms with E-state index < -0.39 is 0 Å². The molecule has 13 heavy (non-hydrogen) atoms. The standard InChI is InChI=1S/C9H15NO2S/c1-4-13-7-8(1)10-5-9-6-11-2-3-12-9/h6,8,10H,1-5,7H2. The van der Waals surface area contributed by atoms with Gasteiger partial charge in [-0.15, -0.1) is 0 Å². The minimum absolute atomic E-state index is 0.663. The van der Waals surface area contributed by atoms with E-state index in [0.29, 0.717) is 19.3 Å². The van der Waals surface area contributed by atoms with Gasteiger partial charge in [-0.2, -0.15) is 11.8 Å². The number of hydrogen-bond acceptors (Lipinski definition) is 4.